The molecule has 2 fully saturated rings. The lowest BCUT2D eigenvalue weighted by molar-refractivity contribution is -0.138. The van der Waals surface area contributed by atoms with E-state index in [1.54, 1.807) is 11.0 Å². The number of piperazine rings is 1. The van der Waals surface area contributed by atoms with Gasteiger partial charge in [0.15, 0.2) is 0 Å². The number of carbonyl (C=O) groups is 2. The number of nitrogens with one attached hydrogen (secondary N) is 1. The maximum Gasteiger partial charge on any atom is 0.321 e. The van der Waals surface area contributed by atoms with E-state index in [1.807, 2.05) is 11.8 Å². The van der Waals surface area contributed by atoms with E-state index in [1.165, 1.54) is 18.6 Å². The number of benzene rings is 1. The zero-order valence-corrected chi connectivity index (χ0v) is 14.8. The SMILES string of the molecule is Cc1ccc(F)cc1NC(=O)N1CCN(C(=O)C2CCCCC2)CC1. The van der Waals surface area contributed by atoms with E-state index >= 15 is 0 Å². The van der Waals surface area contributed by atoms with Crippen LogP contribution in [0.25, 0.3) is 0 Å². The predicted molar refractivity (Wildman–Crippen MR) is 94.9 cm³/mol. The Hall–Kier alpha value is -2.11. The molecule has 1 aliphatic heterocycles. The molecule has 0 spiro atoms. The molecule has 25 heavy (non-hydrogen) atoms. The molecular weight excluding hydrogens is 321 g/mol. The van der Waals surface area contributed by atoms with Crippen LogP contribution in [0.2, 0.25) is 0 Å². The van der Waals surface area contributed by atoms with Crippen molar-refractivity contribution in [2.45, 2.75) is 39.0 Å². The highest BCUT2D eigenvalue weighted by Gasteiger charge is 2.29. The van der Waals surface area contributed by atoms with E-state index in [2.05, 4.69) is 5.32 Å². The lowest BCUT2D eigenvalue weighted by atomic mass is 9.88. The van der Waals surface area contributed by atoms with Gasteiger partial charge in [0.2, 0.25) is 5.91 Å². The number of hydrogen-bond acceptors (Lipinski definition) is 2. The van der Waals surface area contributed by atoms with Crippen LogP contribution in [0.15, 0.2) is 18.2 Å². The fourth-order valence-corrected chi connectivity index (χ4v) is 3.66. The summed E-state index contributed by atoms with van der Waals surface area (Å²) < 4.78 is 13.3. The van der Waals surface area contributed by atoms with Crippen LogP contribution in [0, 0.1) is 18.7 Å². The molecular formula is C19H26FN3O2. The molecule has 1 saturated heterocycles. The molecule has 3 rings (SSSR count). The van der Waals surface area contributed by atoms with Crippen molar-refractivity contribution >= 4 is 17.6 Å². The molecule has 0 radical (unpaired) electrons. The van der Waals surface area contributed by atoms with Gasteiger partial charge in [-0.2, -0.15) is 0 Å². The number of amides is 3. The van der Waals surface area contributed by atoms with Crippen LogP contribution in [-0.2, 0) is 4.79 Å². The second-order valence-corrected chi connectivity index (χ2v) is 7.04. The molecule has 0 aromatic heterocycles. The number of anilines is 1. The number of hydrogen-bond donors (Lipinski definition) is 1. The maximum absolute atomic E-state index is 13.3. The number of aryl methyl sites for hydroxylation is 1. The Labute approximate surface area is 148 Å². The average molecular weight is 347 g/mol. The first-order valence-corrected chi connectivity index (χ1v) is 9.15. The molecule has 6 heteroatoms. The van der Waals surface area contributed by atoms with Gasteiger partial charge >= 0.3 is 6.03 Å². The first-order chi connectivity index (χ1) is 12.0. The van der Waals surface area contributed by atoms with Gasteiger partial charge in [0.25, 0.3) is 0 Å². The van der Waals surface area contributed by atoms with E-state index < -0.39 is 0 Å². The molecule has 1 N–H and O–H groups in total. The summed E-state index contributed by atoms with van der Waals surface area (Å²) in [5.41, 5.74) is 1.31. The van der Waals surface area contributed by atoms with Crippen LogP contribution < -0.4 is 5.32 Å². The van der Waals surface area contributed by atoms with E-state index in [4.69, 9.17) is 0 Å². The van der Waals surface area contributed by atoms with Gasteiger partial charge in [-0.05, 0) is 37.5 Å². The van der Waals surface area contributed by atoms with E-state index in [-0.39, 0.29) is 23.7 Å². The van der Waals surface area contributed by atoms with Gasteiger partial charge in [0.1, 0.15) is 5.82 Å². The summed E-state index contributed by atoms with van der Waals surface area (Å²) >= 11 is 0. The van der Waals surface area contributed by atoms with Crippen molar-refractivity contribution in [2.75, 3.05) is 31.5 Å². The lowest BCUT2D eigenvalue weighted by Crippen LogP contribution is -2.53. The van der Waals surface area contributed by atoms with Crippen LogP contribution >= 0.6 is 0 Å². The summed E-state index contributed by atoms with van der Waals surface area (Å²) in [7, 11) is 0. The van der Waals surface area contributed by atoms with Crippen molar-refractivity contribution in [2.24, 2.45) is 5.92 Å². The first kappa shape index (κ1) is 17.7. The first-order valence-electron chi connectivity index (χ1n) is 9.15. The van der Waals surface area contributed by atoms with Crippen LogP contribution in [-0.4, -0.2) is 47.9 Å². The topological polar surface area (TPSA) is 52.7 Å². The molecule has 1 aromatic rings. The van der Waals surface area contributed by atoms with E-state index in [9.17, 15) is 14.0 Å². The Morgan fingerprint density at radius 2 is 1.68 bits per heavy atom. The summed E-state index contributed by atoms with van der Waals surface area (Å²) in [6.45, 7) is 4.00. The fraction of sp³-hybridized carbons (Fsp3) is 0.579. The molecule has 136 valence electrons. The van der Waals surface area contributed by atoms with Crippen LogP contribution in [0.3, 0.4) is 0 Å². The minimum Gasteiger partial charge on any atom is -0.339 e. The summed E-state index contributed by atoms with van der Waals surface area (Å²) in [6.07, 6.45) is 5.52. The molecule has 0 bridgehead atoms. The molecule has 1 heterocycles. The smallest absolute Gasteiger partial charge is 0.321 e. The lowest BCUT2D eigenvalue weighted by Gasteiger charge is -2.37. The number of halogens is 1. The van der Waals surface area contributed by atoms with Crippen LogP contribution in [0.4, 0.5) is 14.9 Å². The van der Waals surface area contributed by atoms with E-state index in [0.717, 1.165) is 31.2 Å². The normalized spacial score (nSPS) is 19.0. The van der Waals surface area contributed by atoms with E-state index in [0.29, 0.717) is 31.9 Å². The summed E-state index contributed by atoms with van der Waals surface area (Å²) in [5.74, 6) is 0.0496. The number of urea groups is 1. The van der Waals surface area contributed by atoms with Crippen molar-refractivity contribution in [3.8, 4) is 0 Å². The number of rotatable bonds is 2. The Bertz CT molecular complexity index is 636. The molecule has 2 aliphatic rings. The second kappa shape index (κ2) is 7.85. The predicted octanol–water partition coefficient (Wildman–Crippen LogP) is 3.39. The second-order valence-electron chi connectivity index (χ2n) is 7.04. The van der Waals surface area contributed by atoms with Gasteiger partial charge in [-0.15, -0.1) is 0 Å². The van der Waals surface area contributed by atoms with Gasteiger partial charge in [0, 0.05) is 37.8 Å². The van der Waals surface area contributed by atoms with Crippen molar-refractivity contribution in [3.05, 3.63) is 29.6 Å². The Balaban J connectivity index is 1.52. The summed E-state index contributed by atoms with van der Waals surface area (Å²) in [4.78, 5) is 28.6. The number of carbonyl (C=O) groups excluding carboxylic acids is 2. The van der Waals surface area contributed by atoms with Crippen molar-refractivity contribution in [1.29, 1.82) is 0 Å². The third-order valence-corrected chi connectivity index (χ3v) is 5.27. The molecule has 1 aromatic carbocycles. The highest BCUT2D eigenvalue weighted by molar-refractivity contribution is 5.90. The molecule has 0 atom stereocenters. The van der Waals surface area contributed by atoms with Gasteiger partial charge in [0.05, 0.1) is 0 Å². The van der Waals surface area contributed by atoms with Gasteiger partial charge in [-0.1, -0.05) is 25.3 Å². The third-order valence-electron chi connectivity index (χ3n) is 5.27. The van der Waals surface area contributed by atoms with Crippen LogP contribution in [0.1, 0.15) is 37.7 Å². The van der Waals surface area contributed by atoms with Crippen LogP contribution in [0.5, 0.6) is 0 Å². The zero-order chi connectivity index (χ0) is 17.8. The maximum atomic E-state index is 13.3. The molecule has 0 unspecified atom stereocenters. The Morgan fingerprint density at radius 3 is 2.36 bits per heavy atom. The van der Waals surface area contributed by atoms with Gasteiger partial charge in [-0.3, -0.25) is 4.79 Å². The molecule has 1 saturated carbocycles. The third kappa shape index (κ3) is 4.30. The average Bonchev–Trinajstić information content (AvgIpc) is 2.65. The molecule has 1 aliphatic carbocycles. The zero-order valence-electron chi connectivity index (χ0n) is 14.8. The Kier molecular flexibility index (Phi) is 5.56. The molecule has 5 nitrogen and oxygen atoms in total. The van der Waals surface area contributed by atoms with Crippen molar-refractivity contribution in [3.63, 3.8) is 0 Å². The van der Waals surface area contributed by atoms with Gasteiger partial charge < -0.3 is 15.1 Å². The molecule has 3 amide bonds. The van der Waals surface area contributed by atoms with Crippen molar-refractivity contribution in [1.82, 2.24) is 9.80 Å². The monoisotopic (exact) mass is 347 g/mol. The minimum absolute atomic E-state index is 0.170. The summed E-state index contributed by atoms with van der Waals surface area (Å²) in [5, 5.41) is 2.77. The largest absolute Gasteiger partial charge is 0.339 e. The number of nitrogens with zero attached hydrogens (tertiary/aromatic N) is 2. The van der Waals surface area contributed by atoms with Gasteiger partial charge in [-0.25, -0.2) is 9.18 Å². The highest BCUT2D eigenvalue weighted by atomic mass is 19.1. The van der Waals surface area contributed by atoms with Crippen molar-refractivity contribution < 1.29 is 14.0 Å². The standard InChI is InChI=1S/C19H26FN3O2/c1-14-7-8-16(20)13-17(14)21-19(25)23-11-9-22(10-12-23)18(24)15-5-3-2-4-6-15/h7-8,13,15H,2-6,9-12H2,1H3,(H,21,25). The Morgan fingerprint density at radius 1 is 1.04 bits per heavy atom. The summed E-state index contributed by atoms with van der Waals surface area (Å²) in [6, 6.07) is 4.11. The minimum atomic E-state index is -0.371. The highest BCUT2D eigenvalue weighted by Crippen LogP contribution is 2.26. The fourth-order valence-electron chi connectivity index (χ4n) is 3.66. The quantitative estimate of drug-likeness (QED) is 0.891.